The maximum Gasteiger partial charge on any atom is 0.417 e. The molecule has 0 unspecified atom stereocenters. The van der Waals surface area contributed by atoms with Crippen LogP contribution in [0.15, 0.2) is 23.1 Å². The molecule has 1 fully saturated rings. The molecular weight excluding hydrogens is 355 g/mol. The van der Waals surface area contributed by atoms with Gasteiger partial charge in [0.2, 0.25) is 10.0 Å². The van der Waals surface area contributed by atoms with Gasteiger partial charge in [-0.25, -0.2) is 8.42 Å². The Morgan fingerprint density at radius 3 is 2.48 bits per heavy atom. The van der Waals surface area contributed by atoms with Crippen LogP contribution in [0.4, 0.5) is 13.2 Å². The number of hydrogen-bond donors (Lipinski definition) is 1. The van der Waals surface area contributed by atoms with Gasteiger partial charge in [0.15, 0.2) is 0 Å². The van der Waals surface area contributed by atoms with Gasteiger partial charge < -0.3 is 5.32 Å². The van der Waals surface area contributed by atoms with Crippen LogP contribution < -0.4 is 5.32 Å². The van der Waals surface area contributed by atoms with E-state index in [4.69, 9.17) is 5.26 Å². The minimum atomic E-state index is -4.70. The molecule has 2 rings (SSSR count). The van der Waals surface area contributed by atoms with E-state index in [9.17, 15) is 21.6 Å². The highest BCUT2D eigenvalue weighted by molar-refractivity contribution is 7.89. The van der Waals surface area contributed by atoms with Crippen LogP contribution >= 0.6 is 0 Å². The second kappa shape index (κ2) is 7.72. The number of hydrogen-bond acceptors (Lipinski definition) is 4. The molecule has 0 saturated carbocycles. The van der Waals surface area contributed by atoms with Crippen molar-refractivity contribution in [3.63, 3.8) is 0 Å². The van der Waals surface area contributed by atoms with Crippen LogP contribution in [-0.2, 0) is 16.2 Å². The normalized spacial score (nSPS) is 17.4. The van der Waals surface area contributed by atoms with Gasteiger partial charge in [-0.05, 0) is 50.0 Å². The van der Waals surface area contributed by atoms with E-state index < -0.39 is 27.3 Å². The van der Waals surface area contributed by atoms with Crippen molar-refractivity contribution in [1.82, 2.24) is 9.62 Å². The van der Waals surface area contributed by atoms with E-state index in [1.54, 1.807) is 0 Å². The van der Waals surface area contributed by atoms with E-state index in [0.29, 0.717) is 37.9 Å². The first-order valence-electron chi connectivity index (χ1n) is 8.02. The Hall–Kier alpha value is -1.63. The molecule has 0 bridgehead atoms. The lowest BCUT2D eigenvalue weighted by Gasteiger charge is -2.31. The van der Waals surface area contributed by atoms with Crippen molar-refractivity contribution in [2.24, 2.45) is 5.92 Å². The van der Waals surface area contributed by atoms with Crippen LogP contribution in [0.3, 0.4) is 0 Å². The molecular formula is C16H20F3N3O2S. The van der Waals surface area contributed by atoms with Gasteiger partial charge in [0.1, 0.15) is 0 Å². The largest absolute Gasteiger partial charge is 0.417 e. The summed E-state index contributed by atoms with van der Waals surface area (Å²) < 4.78 is 65.1. The molecule has 0 aromatic heterocycles. The Kier molecular flexibility index (Phi) is 6.08. The third kappa shape index (κ3) is 4.51. The zero-order valence-corrected chi connectivity index (χ0v) is 14.6. The summed E-state index contributed by atoms with van der Waals surface area (Å²) in [6.45, 7) is 4.31. The van der Waals surface area contributed by atoms with Gasteiger partial charge in [-0.3, -0.25) is 0 Å². The van der Waals surface area contributed by atoms with Gasteiger partial charge in [-0.2, -0.15) is 22.7 Å². The molecule has 25 heavy (non-hydrogen) atoms. The number of nitrogens with zero attached hydrogens (tertiary/aromatic N) is 2. The van der Waals surface area contributed by atoms with Crippen LogP contribution in [0, 0.1) is 17.2 Å². The Morgan fingerprint density at radius 1 is 1.32 bits per heavy atom. The van der Waals surface area contributed by atoms with Crippen molar-refractivity contribution < 1.29 is 21.6 Å². The molecule has 0 spiro atoms. The summed E-state index contributed by atoms with van der Waals surface area (Å²) in [4.78, 5) is -0.276. The molecule has 0 radical (unpaired) electrons. The van der Waals surface area contributed by atoms with E-state index in [-0.39, 0.29) is 4.90 Å². The lowest BCUT2D eigenvalue weighted by Crippen LogP contribution is -2.40. The van der Waals surface area contributed by atoms with Crippen molar-refractivity contribution in [2.75, 3.05) is 26.2 Å². The van der Waals surface area contributed by atoms with E-state index in [1.807, 2.05) is 6.92 Å². The zero-order chi connectivity index (χ0) is 18.7. The lowest BCUT2D eigenvalue weighted by atomic mass is 9.98. The lowest BCUT2D eigenvalue weighted by molar-refractivity contribution is -0.137. The van der Waals surface area contributed by atoms with Crippen molar-refractivity contribution in [2.45, 2.75) is 30.8 Å². The number of nitriles is 1. The van der Waals surface area contributed by atoms with Crippen LogP contribution in [0.5, 0.6) is 0 Å². The summed E-state index contributed by atoms with van der Waals surface area (Å²) in [5.41, 5.74) is -1.81. The Morgan fingerprint density at radius 2 is 1.96 bits per heavy atom. The smallest absolute Gasteiger partial charge is 0.317 e. The number of halogens is 3. The van der Waals surface area contributed by atoms with Crippen LogP contribution in [-0.4, -0.2) is 38.9 Å². The summed E-state index contributed by atoms with van der Waals surface area (Å²) in [6, 6.07) is 3.82. The van der Waals surface area contributed by atoms with E-state index in [2.05, 4.69) is 5.32 Å². The fourth-order valence-corrected chi connectivity index (χ4v) is 4.37. The third-order valence-corrected chi connectivity index (χ3v) is 6.21. The van der Waals surface area contributed by atoms with Gasteiger partial charge in [0.05, 0.1) is 22.1 Å². The summed E-state index contributed by atoms with van der Waals surface area (Å²) >= 11 is 0. The quantitative estimate of drug-likeness (QED) is 0.859. The second-order valence-electron chi connectivity index (χ2n) is 5.97. The highest BCUT2D eigenvalue weighted by Gasteiger charge is 2.35. The average molecular weight is 375 g/mol. The molecule has 0 aliphatic carbocycles. The predicted octanol–water partition coefficient (Wildman–Crippen LogP) is 2.59. The molecule has 0 atom stereocenters. The third-order valence-electron chi connectivity index (χ3n) is 4.31. The molecule has 1 saturated heterocycles. The molecule has 1 aliphatic heterocycles. The molecule has 9 heteroatoms. The molecule has 5 nitrogen and oxygen atoms in total. The van der Waals surface area contributed by atoms with Gasteiger partial charge in [0.25, 0.3) is 0 Å². The van der Waals surface area contributed by atoms with Crippen LogP contribution in [0.25, 0.3) is 0 Å². The molecule has 138 valence electrons. The predicted molar refractivity (Wildman–Crippen MR) is 86.2 cm³/mol. The van der Waals surface area contributed by atoms with Gasteiger partial charge >= 0.3 is 6.18 Å². The fraction of sp³-hybridized carbons (Fsp3) is 0.562. The standard InChI is InChI=1S/C16H20F3N3O2S/c1-2-21-11-12-5-7-22(8-6-12)25(23,24)14-3-4-15(16(17,18)19)13(9-14)10-20/h3-4,9,12,21H,2,5-8,11H2,1H3. The van der Waals surface area contributed by atoms with Gasteiger partial charge in [-0.15, -0.1) is 0 Å². The summed E-state index contributed by atoms with van der Waals surface area (Å²) in [5.74, 6) is 0.383. The van der Waals surface area contributed by atoms with E-state index >= 15 is 0 Å². The SMILES string of the molecule is CCNCC1CCN(S(=O)(=O)c2ccc(C(F)(F)F)c(C#N)c2)CC1. The Balaban J connectivity index is 2.20. The first-order chi connectivity index (χ1) is 11.7. The van der Waals surface area contributed by atoms with Gasteiger partial charge in [-0.1, -0.05) is 6.92 Å². The number of piperidine rings is 1. The Labute approximate surface area is 145 Å². The minimum Gasteiger partial charge on any atom is -0.317 e. The second-order valence-corrected chi connectivity index (χ2v) is 7.91. The monoisotopic (exact) mass is 375 g/mol. The van der Waals surface area contributed by atoms with Crippen LogP contribution in [0.2, 0.25) is 0 Å². The summed E-state index contributed by atoms with van der Waals surface area (Å²) in [5, 5.41) is 12.2. The number of nitrogens with one attached hydrogen (secondary N) is 1. The zero-order valence-electron chi connectivity index (χ0n) is 13.8. The number of alkyl halides is 3. The summed E-state index contributed by atoms with van der Waals surface area (Å²) in [7, 11) is -3.91. The molecule has 1 aromatic rings. The number of benzene rings is 1. The fourth-order valence-electron chi connectivity index (χ4n) is 2.87. The van der Waals surface area contributed by atoms with E-state index in [1.165, 1.54) is 10.4 Å². The summed E-state index contributed by atoms with van der Waals surface area (Å²) in [6.07, 6.45) is -3.31. The maximum atomic E-state index is 12.8. The van der Waals surface area contributed by atoms with Crippen molar-refractivity contribution >= 4 is 10.0 Å². The van der Waals surface area contributed by atoms with Crippen molar-refractivity contribution in [3.8, 4) is 6.07 Å². The Bertz CT molecular complexity index is 749. The number of rotatable bonds is 5. The highest BCUT2D eigenvalue weighted by atomic mass is 32.2. The van der Waals surface area contributed by atoms with E-state index in [0.717, 1.165) is 25.2 Å². The first-order valence-corrected chi connectivity index (χ1v) is 9.46. The topological polar surface area (TPSA) is 73.2 Å². The molecule has 1 N–H and O–H groups in total. The molecule has 1 heterocycles. The molecule has 1 aliphatic rings. The first kappa shape index (κ1) is 19.7. The minimum absolute atomic E-state index is 0.276. The number of sulfonamides is 1. The molecule has 0 amide bonds. The van der Waals surface area contributed by atoms with Crippen molar-refractivity contribution in [1.29, 1.82) is 5.26 Å². The van der Waals surface area contributed by atoms with Crippen molar-refractivity contribution in [3.05, 3.63) is 29.3 Å². The maximum absolute atomic E-state index is 12.8. The highest BCUT2D eigenvalue weighted by Crippen LogP contribution is 2.33. The average Bonchev–Trinajstić information content (AvgIpc) is 2.58. The van der Waals surface area contributed by atoms with Gasteiger partial charge in [0, 0.05) is 13.1 Å². The molecule has 1 aromatic carbocycles. The van der Waals surface area contributed by atoms with Crippen LogP contribution in [0.1, 0.15) is 30.9 Å².